The smallest absolute Gasteiger partial charge is 0.259 e. The molecule has 1 amide bonds. The highest BCUT2D eigenvalue weighted by molar-refractivity contribution is 7.80. The molecule has 0 atom stereocenters. The van der Waals surface area contributed by atoms with E-state index in [2.05, 4.69) is 13.8 Å². The maximum Gasteiger partial charge on any atom is 0.259 e. The Morgan fingerprint density at radius 1 is 1.14 bits per heavy atom. The third-order valence-electron chi connectivity index (χ3n) is 5.28. The molecule has 0 fully saturated rings. The first-order chi connectivity index (χ1) is 13.9. The van der Waals surface area contributed by atoms with E-state index in [1.54, 1.807) is 46.0 Å². The normalized spacial score (nSPS) is 15.6. The topological polar surface area (TPSA) is 48.0 Å². The lowest BCUT2D eigenvalue weighted by Crippen LogP contribution is -2.47. The molecule has 0 saturated heterocycles. The summed E-state index contributed by atoms with van der Waals surface area (Å²) in [5, 5.41) is 0. The number of hydrogen-bond donors (Lipinski definition) is 0. The number of fused-ring (bicyclic) bond motifs is 4. The lowest BCUT2D eigenvalue weighted by Gasteiger charge is -2.43. The van der Waals surface area contributed by atoms with E-state index >= 15 is 0 Å². The van der Waals surface area contributed by atoms with Gasteiger partial charge in [-0.1, -0.05) is 32.9 Å². The second-order valence-electron chi connectivity index (χ2n) is 7.31. The van der Waals surface area contributed by atoms with E-state index in [1.807, 2.05) is 23.1 Å². The van der Waals surface area contributed by atoms with Crippen LogP contribution < -0.4 is 19.1 Å². The summed E-state index contributed by atoms with van der Waals surface area (Å²) in [4.78, 5) is 16.7. The van der Waals surface area contributed by atoms with Crippen LogP contribution in [0.3, 0.4) is 0 Å². The predicted octanol–water partition coefficient (Wildman–Crippen LogP) is 5.84. The lowest BCUT2D eigenvalue weighted by atomic mass is 9.86. The Morgan fingerprint density at radius 2 is 1.93 bits per heavy atom. The SMILES string of the molecule is COc1ccc2c(c1)-c1c(ssc1=S)C(C)(C)N2C(=O)c1ccc2c(c1)OCO2. The Morgan fingerprint density at radius 3 is 2.72 bits per heavy atom. The van der Waals surface area contributed by atoms with Gasteiger partial charge in [0.1, 0.15) is 9.57 Å². The van der Waals surface area contributed by atoms with Gasteiger partial charge in [-0.25, -0.2) is 0 Å². The van der Waals surface area contributed by atoms with E-state index in [-0.39, 0.29) is 12.7 Å². The molecule has 0 saturated carbocycles. The van der Waals surface area contributed by atoms with E-state index in [0.29, 0.717) is 17.1 Å². The molecule has 0 aliphatic carbocycles. The molecule has 0 N–H and O–H groups in total. The molecule has 3 heterocycles. The number of benzene rings is 2. The molecule has 5 rings (SSSR count). The third-order valence-corrected chi connectivity index (χ3v) is 8.61. The Balaban J connectivity index is 1.71. The molecule has 1 aromatic heterocycles. The summed E-state index contributed by atoms with van der Waals surface area (Å²) < 4.78 is 17.1. The first-order valence-corrected chi connectivity index (χ1v) is 11.5. The van der Waals surface area contributed by atoms with Gasteiger partial charge in [-0.2, -0.15) is 0 Å². The van der Waals surface area contributed by atoms with Crippen molar-refractivity contribution in [2.24, 2.45) is 0 Å². The fourth-order valence-corrected chi connectivity index (χ4v) is 7.14. The number of rotatable bonds is 2. The van der Waals surface area contributed by atoms with Crippen LogP contribution in [-0.2, 0) is 5.54 Å². The van der Waals surface area contributed by atoms with Crippen LogP contribution >= 0.6 is 32.9 Å². The standard InChI is InChI=1S/C21H17NO4S3/c1-21(2)18-17(20(27)29-28-18)13-9-12(24-3)5-6-14(13)22(21)19(23)11-4-7-15-16(8-11)26-10-25-15/h4-9H,10H2,1-3H3. The summed E-state index contributed by atoms with van der Waals surface area (Å²) in [6.45, 7) is 4.29. The minimum atomic E-state index is -0.553. The molecule has 2 aromatic carbocycles. The second-order valence-corrected chi connectivity index (χ2v) is 10.1. The van der Waals surface area contributed by atoms with Crippen LogP contribution in [0.15, 0.2) is 36.4 Å². The summed E-state index contributed by atoms with van der Waals surface area (Å²) in [5.74, 6) is 1.88. The highest BCUT2D eigenvalue weighted by Crippen LogP contribution is 2.53. The Kier molecular flexibility index (Phi) is 4.20. The van der Waals surface area contributed by atoms with Crippen molar-refractivity contribution in [3.05, 3.63) is 50.7 Å². The number of hydrogen-bond acceptors (Lipinski definition) is 7. The number of carbonyl (C=O) groups is 1. The van der Waals surface area contributed by atoms with E-state index in [0.717, 1.165) is 31.3 Å². The van der Waals surface area contributed by atoms with Gasteiger partial charge < -0.3 is 14.2 Å². The zero-order valence-corrected chi connectivity index (χ0v) is 18.4. The van der Waals surface area contributed by atoms with Crippen molar-refractivity contribution < 1.29 is 19.0 Å². The van der Waals surface area contributed by atoms with Crippen molar-refractivity contribution in [2.45, 2.75) is 19.4 Å². The first-order valence-electron chi connectivity index (χ1n) is 8.98. The molecule has 8 heteroatoms. The summed E-state index contributed by atoms with van der Waals surface area (Å²) in [7, 11) is 4.83. The highest BCUT2D eigenvalue weighted by atomic mass is 32.9. The third kappa shape index (κ3) is 2.70. The molecule has 148 valence electrons. The number of ether oxygens (including phenoxy) is 3. The van der Waals surface area contributed by atoms with Crippen LogP contribution in [0.1, 0.15) is 29.1 Å². The van der Waals surface area contributed by atoms with Crippen molar-refractivity contribution in [2.75, 3.05) is 18.8 Å². The van der Waals surface area contributed by atoms with Gasteiger partial charge in [-0.15, -0.1) is 0 Å². The summed E-state index contributed by atoms with van der Waals surface area (Å²) in [5.41, 5.74) is 2.77. The molecule has 2 aliphatic rings. The van der Waals surface area contributed by atoms with Crippen molar-refractivity contribution in [3.8, 4) is 28.4 Å². The Labute approximate surface area is 180 Å². The molecule has 29 heavy (non-hydrogen) atoms. The molecular formula is C21H17NO4S3. The Hall–Kier alpha value is -2.42. The zero-order valence-electron chi connectivity index (χ0n) is 16.0. The van der Waals surface area contributed by atoms with Crippen molar-refractivity contribution in [1.29, 1.82) is 0 Å². The van der Waals surface area contributed by atoms with Gasteiger partial charge in [0.05, 0.1) is 23.2 Å². The van der Waals surface area contributed by atoms with Gasteiger partial charge in [0.15, 0.2) is 11.5 Å². The molecule has 3 aromatic rings. The maximum atomic E-state index is 13.7. The monoisotopic (exact) mass is 443 g/mol. The maximum absolute atomic E-state index is 13.7. The number of nitrogens with zero attached hydrogens (tertiary/aromatic N) is 1. The summed E-state index contributed by atoms with van der Waals surface area (Å²) in [6, 6.07) is 11.1. The van der Waals surface area contributed by atoms with Gasteiger partial charge in [-0.05, 0) is 50.2 Å². The quantitative estimate of drug-likeness (QED) is 0.368. The number of anilines is 1. The van der Waals surface area contributed by atoms with Crippen LogP contribution in [0.4, 0.5) is 5.69 Å². The van der Waals surface area contributed by atoms with E-state index in [1.165, 1.54) is 0 Å². The molecule has 0 spiro atoms. The van der Waals surface area contributed by atoms with Gasteiger partial charge in [-0.3, -0.25) is 9.69 Å². The molecule has 2 aliphatic heterocycles. The van der Waals surface area contributed by atoms with Gasteiger partial charge >= 0.3 is 0 Å². The van der Waals surface area contributed by atoms with Gasteiger partial charge in [0.25, 0.3) is 5.91 Å². The molecule has 5 nitrogen and oxygen atoms in total. The first kappa shape index (κ1) is 18.6. The van der Waals surface area contributed by atoms with Crippen LogP contribution in [0, 0.1) is 3.82 Å². The van der Waals surface area contributed by atoms with Crippen molar-refractivity contribution in [1.82, 2.24) is 0 Å². The average molecular weight is 444 g/mol. The van der Waals surface area contributed by atoms with Crippen molar-refractivity contribution >= 4 is 44.5 Å². The van der Waals surface area contributed by atoms with E-state index in [4.69, 9.17) is 26.4 Å². The fourth-order valence-electron chi connectivity index (χ4n) is 3.86. The number of methoxy groups -OCH3 is 1. The van der Waals surface area contributed by atoms with Crippen LogP contribution in [0.25, 0.3) is 11.1 Å². The predicted molar refractivity (Wildman–Crippen MR) is 117 cm³/mol. The van der Waals surface area contributed by atoms with E-state index in [9.17, 15) is 4.79 Å². The molecule has 0 unspecified atom stereocenters. The van der Waals surface area contributed by atoms with Gasteiger partial charge in [0, 0.05) is 16.7 Å². The van der Waals surface area contributed by atoms with Crippen LogP contribution in [0.5, 0.6) is 17.2 Å². The summed E-state index contributed by atoms with van der Waals surface area (Å²) >= 11 is 5.64. The van der Waals surface area contributed by atoms with Crippen molar-refractivity contribution in [3.63, 3.8) is 0 Å². The van der Waals surface area contributed by atoms with Crippen LogP contribution in [0.2, 0.25) is 0 Å². The molecular weight excluding hydrogens is 426 g/mol. The minimum Gasteiger partial charge on any atom is -0.497 e. The number of amides is 1. The molecule has 0 bridgehead atoms. The molecule has 0 radical (unpaired) electrons. The average Bonchev–Trinajstić information content (AvgIpc) is 3.34. The summed E-state index contributed by atoms with van der Waals surface area (Å²) in [6.07, 6.45) is 0. The zero-order chi connectivity index (χ0) is 20.3. The van der Waals surface area contributed by atoms with Gasteiger partial charge in [0.2, 0.25) is 6.79 Å². The second kappa shape index (κ2) is 6.55. The van der Waals surface area contributed by atoms with E-state index < -0.39 is 5.54 Å². The minimum absolute atomic E-state index is 0.102. The largest absolute Gasteiger partial charge is 0.497 e. The number of carbonyl (C=O) groups excluding carboxylic acids is 1. The lowest BCUT2D eigenvalue weighted by molar-refractivity contribution is 0.0961. The van der Waals surface area contributed by atoms with Crippen LogP contribution in [-0.4, -0.2) is 19.8 Å². The Bertz CT molecular complexity index is 1210. The highest BCUT2D eigenvalue weighted by Gasteiger charge is 2.43. The fraction of sp³-hybridized carbons (Fsp3) is 0.238.